The lowest BCUT2D eigenvalue weighted by Crippen LogP contribution is -1.72. The SMILES string of the molecule is [c]1cccc(-c2coc(-c3ccccc3)c2)c1. The van der Waals surface area contributed by atoms with Gasteiger partial charge in [0.15, 0.2) is 0 Å². The summed E-state index contributed by atoms with van der Waals surface area (Å²) in [5, 5.41) is 0. The van der Waals surface area contributed by atoms with Crippen LogP contribution in [-0.4, -0.2) is 0 Å². The summed E-state index contributed by atoms with van der Waals surface area (Å²) in [4.78, 5) is 0. The molecular weight excluding hydrogens is 208 g/mol. The topological polar surface area (TPSA) is 13.1 Å². The first-order valence-corrected chi connectivity index (χ1v) is 5.54. The zero-order chi connectivity index (χ0) is 11.5. The Kier molecular flexibility index (Phi) is 2.51. The normalized spacial score (nSPS) is 10.4. The quantitative estimate of drug-likeness (QED) is 0.622. The monoisotopic (exact) mass is 219 g/mol. The minimum absolute atomic E-state index is 0.893. The molecule has 0 unspecified atom stereocenters. The van der Waals surface area contributed by atoms with Gasteiger partial charge in [-0.1, -0.05) is 48.5 Å². The summed E-state index contributed by atoms with van der Waals surface area (Å²) < 4.78 is 5.59. The van der Waals surface area contributed by atoms with Crippen LogP contribution in [0.25, 0.3) is 22.5 Å². The van der Waals surface area contributed by atoms with Crippen molar-refractivity contribution in [3.63, 3.8) is 0 Å². The average molecular weight is 219 g/mol. The zero-order valence-electron chi connectivity index (χ0n) is 9.26. The van der Waals surface area contributed by atoms with Crippen LogP contribution in [0, 0.1) is 6.07 Å². The summed E-state index contributed by atoms with van der Waals surface area (Å²) in [6.45, 7) is 0. The van der Waals surface area contributed by atoms with Crippen molar-refractivity contribution in [3.05, 3.63) is 73.0 Å². The van der Waals surface area contributed by atoms with Crippen LogP contribution in [0.15, 0.2) is 71.3 Å². The molecule has 1 nitrogen and oxygen atoms in total. The van der Waals surface area contributed by atoms with Crippen molar-refractivity contribution < 1.29 is 4.42 Å². The Bertz CT molecular complexity index is 540. The fourth-order valence-corrected chi connectivity index (χ4v) is 1.81. The number of benzene rings is 2. The van der Waals surface area contributed by atoms with Crippen LogP contribution in [0.5, 0.6) is 0 Å². The Morgan fingerprint density at radius 3 is 2.41 bits per heavy atom. The molecule has 0 saturated heterocycles. The summed E-state index contributed by atoms with van der Waals surface area (Å²) in [5.74, 6) is 0.893. The van der Waals surface area contributed by atoms with E-state index < -0.39 is 0 Å². The largest absolute Gasteiger partial charge is 0.464 e. The van der Waals surface area contributed by atoms with Crippen LogP contribution in [0.1, 0.15) is 0 Å². The Labute approximate surface area is 100 Å². The van der Waals surface area contributed by atoms with E-state index in [-0.39, 0.29) is 0 Å². The molecule has 1 radical (unpaired) electrons. The van der Waals surface area contributed by atoms with E-state index in [9.17, 15) is 0 Å². The molecule has 0 amide bonds. The second kappa shape index (κ2) is 4.30. The molecule has 0 fully saturated rings. The summed E-state index contributed by atoms with van der Waals surface area (Å²) >= 11 is 0. The van der Waals surface area contributed by atoms with Gasteiger partial charge in [-0.3, -0.25) is 0 Å². The first-order valence-electron chi connectivity index (χ1n) is 5.54. The highest BCUT2D eigenvalue weighted by molar-refractivity contribution is 5.69. The molecule has 0 spiro atoms. The highest BCUT2D eigenvalue weighted by atomic mass is 16.3. The van der Waals surface area contributed by atoms with Gasteiger partial charge < -0.3 is 4.42 Å². The maximum Gasteiger partial charge on any atom is 0.134 e. The van der Waals surface area contributed by atoms with Crippen molar-refractivity contribution >= 4 is 0 Å². The highest BCUT2D eigenvalue weighted by Crippen LogP contribution is 2.27. The fraction of sp³-hybridized carbons (Fsp3) is 0. The van der Waals surface area contributed by atoms with Crippen molar-refractivity contribution in [1.29, 1.82) is 0 Å². The van der Waals surface area contributed by atoms with Crippen LogP contribution in [0.4, 0.5) is 0 Å². The van der Waals surface area contributed by atoms with Gasteiger partial charge in [-0.25, -0.2) is 0 Å². The molecule has 0 saturated carbocycles. The standard InChI is InChI=1S/C16H11O/c1-3-7-13(8-4-1)15-11-16(17-12-15)14-9-5-2-6-10-14/h1-3,5-12H. The minimum atomic E-state index is 0.893. The number of rotatable bonds is 2. The summed E-state index contributed by atoms with van der Waals surface area (Å²) in [6, 6.07) is 23.1. The third kappa shape index (κ3) is 2.00. The van der Waals surface area contributed by atoms with Crippen molar-refractivity contribution in [2.75, 3.05) is 0 Å². The Hall–Kier alpha value is -2.28. The Morgan fingerprint density at radius 1 is 0.824 bits per heavy atom. The molecular formula is C16H11O. The number of hydrogen-bond acceptors (Lipinski definition) is 1. The van der Waals surface area contributed by atoms with Gasteiger partial charge in [0.1, 0.15) is 5.76 Å². The van der Waals surface area contributed by atoms with Crippen molar-refractivity contribution in [2.24, 2.45) is 0 Å². The van der Waals surface area contributed by atoms with Gasteiger partial charge in [0.05, 0.1) is 6.26 Å². The van der Waals surface area contributed by atoms with Crippen LogP contribution in [-0.2, 0) is 0 Å². The first-order chi connectivity index (χ1) is 8.43. The maximum absolute atomic E-state index is 5.59. The minimum Gasteiger partial charge on any atom is -0.464 e. The molecule has 17 heavy (non-hydrogen) atoms. The maximum atomic E-state index is 5.59. The van der Waals surface area contributed by atoms with Crippen LogP contribution in [0.2, 0.25) is 0 Å². The summed E-state index contributed by atoms with van der Waals surface area (Å²) in [5.41, 5.74) is 3.30. The van der Waals surface area contributed by atoms with Gasteiger partial charge in [0.2, 0.25) is 0 Å². The molecule has 1 heterocycles. The lowest BCUT2D eigenvalue weighted by atomic mass is 10.1. The highest BCUT2D eigenvalue weighted by Gasteiger charge is 2.05. The molecule has 3 rings (SSSR count). The van der Waals surface area contributed by atoms with Crippen molar-refractivity contribution in [1.82, 2.24) is 0 Å². The Balaban J connectivity index is 1.99. The van der Waals surface area contributed by atoms with Gasteiger partial charge in [-0.05, 0) is 23.8 Å². The number of hydrogen-bond donors (Lipinski definition) is 0. The van der Waals surface area contributed by atoms with Crippen molar-refractivity contribution in [2.45, 2.75) is 0 Å². The van der Waals surface area contributed by atoms with Gasteiger partial charge in [-0.2, -0.15) is 0 Å². The van der Waals surface area contributed by atoms with Gasteiger partial charge >= 0.3 is 0 Å². The Morgan fingerprint density at radius 2 is 1.65 bits per heavy atom. The molecule has 0 aliphatic heterocycles. The van der Waals surface area contributed by atoms with E-state index in [1.165, 1.54) is 0 Å². The van der Waals surface area contributed by atoms with Crippen LogP contribution < -0.4 is 0 Å². The van der Waals surface area contributed by atoms with E-state index in [4.69, 9.17) is 4.42 Å². The molecule has 2 aromatic carbocycles. The molecule has 0 aliphatic rings. The molecule has 1 aromatic heterocycles. The zero-order valence-corrected chi connectivity index (χ0v) is 9.26. The van der Waals surface area contributed by atoms with E-state index >= 15 is 0 Å². The third-order valence-electron chi connectivity index (χ3n) is 2.70. The molecule has 3 aromatic rings. The van der Waals surface area contributed by atoms with Gasteiger partial charge in [0, 0.05) is 11.1 Å². The lowest BCUT2D eigenvalue weighted by molar-refractivity contribution is 0.583. The van der Waals surface area contributed by atoms with E-state index in [1.807, 2.05) is 48.5 Å². The average Bonchev–Trinajstić information content (AvgIpc) is 2.90. The van der Waals surface area contributed by atoms with Crippen LogP contribution >= 0.6 is 0 Å². The first kappa shape index (κ1) is 9.91. The van der Waals surface area contributed by atoms with E-state index in [0.29, 0.717) is 0 Å². The van der Waals surface area contributed by atoms with Crippen LogP contribution in [0.3, 0.4) is 0 Å². The second-order valence-electron chi connectivity index (χ2n) is 3.86. The fourth-order valence-electron chi connectivity index (χ4n) is 1.81. The second-order valence-corrected chi connectivity index (χ2v) is 3.86. The third-order valence-corrected chi connectivity index (χ3v) is 2.70. The van der Waals surface area contributed by atoms with Crippen molar-refractivity contribution in [3.8, 4) is 22.5 Å². The lowest BCUT2D eigenvalue weighted by Gasteiger charge is -1.94. The summed E-state index contributed by atoms with van der Waals surface area (Å²) in [6.07, 6.45) is 1.78. The number of furan rings is 1. The van der Waals surface area contributed by atoms with E-state index in [0.717, 1.165) is 22.5 Å². The smallest absolute Gasteiger partial charge is 0.134 e. The molecule has 0 bridgehead atoms. The predicted molar refractivity (Wildman–Crippen MR) is 68.4 cm³/mol. The summed E-state index contributed by atoms with van der Waals surface area (Å²) in [7, 11) is 0. The molecule has 81 valence electrons. The molecule has 0 N–H and O–H groups in total. The van der Waals surface area contributed by atoms with E-state index in [1.54, 1.807) is 6.26 Å². The molecule has 0 aliphatic carbocycles. The molecule has 1 heteroatoms. The van der Waals surface area contributed by atoms with E-state index in [2.05, 4.69) is 18.2 Å². The van der Waals surface area contributed by atoms with Gasteiger partial charge in [0.25, 0.3) is 0 Å². The predicted octanol–water partition coefficient (Wildman–Crippen LogP) is 4.41. The van der Waals surface area contributed by atoms with Gasteiger partial charge in [-0.15, -0.1) is 0 Å². The molecule has 0 atom stereocenters.